The van der Waals surface area contributed by atoms with Crippen molar-refractivity contribution in [2.45, 2.75) is 57.6 Å². The lowest BCUT2D eigenvalue weighted by atomic mass is 10.1. The Morgan fingerprint density at radius 1 is 1.06 bits per heavy atom. The molecule has 0 radical (unpaired) electrons. The highest BCUT2D eigenvalue weighted by Crippen LogP contribution is 2.27. The first kappa shape index (κ1) is 38.6. The number of anilines is 1. The summed E-state index contributed by atoms with van der Waals surface area (Å²) < 4.78 is 5.37. The van der Waals surface area contributed by atoms with Crippen LogP contribution >= 0.6 is 11.8 Å². The SMILES string of the molecule is CCN(CCNC(=O)CCCCCNC(=O)CCN1C(=O)CC(SC)C1=O)c1ccc(/C=C(\C)C(=O)Oc2ccc(C(=N)N)cc2)c(O)c1. The van der Waals surface area contributed by atoms with Crippen LogP contribution in [0.5, 0.6) is 11.5 Å². The van der Waals surface area contributed by atoms with Crippen molar-refractivity contribution in [3.63, 3.8) is 0 Å². The molecule has 0 aromatic heterocycles. The van der Waals surface area contributed by atoms with Gasteiger partial charge in [-0.15, -0.1) is 0 Å². The summed E-state index contributed by atoms with van der Waals surface area (Å²) in [5, 5.41) is 23.5. The van der Waals surface area contributed by atoms with Gasteiger partial charge in [-0.1, -0.05) is 6.42 Å². The first-order chi connectivity index (χ1) is 23.4. The van der Waals surface area contributed by atoms with Gasteiger partial charge in [-0.2, -0.15) is 11.8 Å². The van der Waals surface area contributed by atoms with E-state index in [1.54, 1.807) is 55.7 Å². The average Bonchev–Trinajstić information content (AvgIpc) is 3.36. The summed E-state index contributed by atoms with van der Waals surface area (Å²) in [6, 6.07) is 11.4. The molecular formula is C35H46N6O7S. The number of likely N-dealkylation sites (tertiary alicyclic amines) is 1. The predicted molar refractivity (Wildman–Crippen MR) is 190 cm³/mol. The van der Waals surface area contributed by atoms with Crippen LogP contribution in [0.15, 0.2) is 48.0 Å². The first-order valence-corrected chi connectivity index (χ1v) is 17.6. The maximum Gasteiger partial charge on any atom is 0.339 e. The Morgan fingerprint density at radius 2 is 1.76 bits per heavy atom. The Balaban J connectivity index is 1.33. The van der Waals surface area contributed by atoms with Gasteiger partial charge in [0.2, 0.25) is 23.6 Å². The van der Waals surface area contributed by atoms with Gasteiger partial charge in [0.15, 0.2) is 0 Å². The number of nitrogen functional groups attached to an aromatic ring is 1. The number of hydrogen-bond donors (Lipinski definition) is 5. The zero-order chi connectivity index (χ0) is 35.9. The van der Waals surface area contributed by atoms with Crippen LogP contribution in [0.25, 0.3) is 6.08 Å². The molecule has 1 saturated heterocycles. The van der Waals surface area contributed by atoms with Crippen LogP contribution in [0, 0.1) is 5.41 Å². The normalized spacial score (nSPS) is 14.5. The van der Waals surface area contributed by atoms with E-state index in [-0.39, 0.29) is 65.4 Å². The maximum atomic E-state index is 12.6. The molecule has 13 nitrogen and oxygen atoms in total. The number of phenolic OH excluding ortho intramolecular Hbond substituents is 1. The number of thioether (sulfide) groups is 1. The van der Waals surface area contributed by atoms with E-state index in [1.165, 1.54) is 16.7 Å². The van der Waals surface area contributed by atoms with Crippen LogP contribution in [-0.4, -0.2) is 89.7 Å². The number of rotatable bonds is 19. The Hall–Kier alpha value is -4.85. The number of esters is 1. The third-order valence-electron chi connectivity index (χ3n) is 7.99. The van der Waals surface area contributed by atoms with E-state index in [9.17, 15) is 29.1 Å². The quantitative estimate of drug-likeness (QED) is 0.0277. The van der Waals surface area contributed by atoms with Crippen LogP contribution in [0.4, 0.5) is 5.69 Å². The molecule has 1 aliphatic heterocycles. The van der Waals surface area contributed by atoms with E-state index in [4.69, 9.17) is 15.9 Å². The van der Waals surface area contributed by atoms with E-state index in [1.807, 2.05) is 17.9 Å². The number of nitrogens with one attached hydrogen (secondary N) is 3. The number of imide groups is 1. The fraction of sp³-hybridized carbons (Fsp3) is 0.429. The maximum absolute atomic E-state index is 12.6. The lowest BCUT2D eigenvalue weighted by Crippen LogP contribution is -2.35. The molecule has 6 N–H and O–H groups in total. The van der Waals surface area contributed by atoms with Gasteiger partial charge in [0.05, 0.1) is 5.25 Å². The first-order valence-electron chi connectivity index (χ1n) is 16.3. The van der Waals surface area contributed by atoms with Gasteiger partial charge < -0.3 is 31.1 Å². The number of carbonyl (C=O) groups is 5. The van der Waals surface area contributed by atoms with E-state index in [0.29, 0.717) is 62.3 Å². The summed E-state index contributed by atoms with van der Waals surface area (Å²) in [6.07, 6.45) is 6.11. The van der Waals surface area contributed by atoms with Crippen LogP contribution in [-0.2, 0) is 24.0 Å². The molecule has 1 unspecified atom stereocenters. The van der Waals surface area contributed by atoms with Gasteiger partial charge in [0.25, 0.3) is 0 Å². The van der Waals surface area contributed by atoms with Crippen LogP contribution < -0.4 is 26.0 Å². The summed E-state index contributed by atoms with van der Waals surface area (Å²) in [5.41, 5.74) is 7.47. The van der Waals surface area contributed by atoms with Crippen molar-refractivity contribution in [2.24, 2.45) is 5.73 Å². The van der Waals surface area contributed by atoms with Crippen LogP contribution in [0.2, 0.25) is 0 Å². The summed E-state index contributed by atoms with van der Waals surface area (Å²) in [7, 11) is 0. The molecule has 1 atom stereocenters. The zero-order valence-corrected chi connectivity index (χ0v) is 29.1. The molecule has 2 aromatic carbocycles. The summed E-state index contributed by atoms with van der Waals surface area (Å²) in [5.74, 6) is -1.09. The van der Waals surface area contributed by atoms with Crippen molar-refractivity contribution in [3.8, 4) is 11.5 Å². The number of likely N-dealkylation sites (N-methyl/N-ethyl adjacent to an activating group) is 1. The second-order valence-electron chi connectivity index (χ2n) is 11.6. The molecular weight excluding hydrogens is 648 g/mol. The highest BCUT2D eigenvalue weighted by Gasteiger charge is 2.37. The van der Waals surface area contributed by atoms with Crippen molar-refractivity contribution < 1.29 is 33.8 Å². The number of aromatic hydroxyl groups is 1. The highest BCUT2D eigenvalue weighted by molar-refractivity contribution is 8.00. The molecule has 49 heavy (non-hydrogen) atoms. The van der Waals surface area contributed by atoms with Gasteiger partial charge in [-0.25, -0.2) is 4.79 Å². The minimum atomic E-state index is -0.580. The fourth-order valence-corrected chi connectivity index (χ4v) is 5.75. The lowest BCUT2D eigenvalue weighted by Gasteiger charge is -2.24. The smallest absolute Gasteiger partial charge is 0.339 e. The van der Waals surface area contributed by atoms with Crippen molar-refractivity contribution in [1.82, 2.24) is 15.5 Å². The fourth-order valence-electron chi connectivity index (χ4n) is 5.11. The number of nitrogens with two attached hydrogens (primary N) is 1. The standard InChI is InChI=1S/C35H46N6O7S/c1-4-40(26-12-9-25(28(42)21-26)20-23(2)35(47)48-27-13-10-24(11-14-27)33(36)37)19-17-39-30(43)8-6-5-7-16-38-31(44)15-18-41-32(45)22-29(49-3)34(41)46/h9-14,20-21,29,42H,4-8,15-19,22H2,1-3H3,(H3,36,37)(H,38,44)(H,39,43)/b23-20+. The second kappa shape index (κ2) is 19.2. The van der Waals surface area contributed by atoms with Crippen LogP contribution in [0.1, 0.15) is 63.5 Å². The van der Waals surface area contributed by atoms with E-state index < -0.39 is 5.97 Å². The molecule has 2 aromatic rings. The van der Waals surface area contributed by atoms with E-state index >= 15 is 0 Å². The van der Waals surface area contributed by atoms with Gasteiger partial charge in [0.1, 0.15) is 17.3 Å². The minimum Gasteiger partial charge on any atom is -0.507 e. The monoisotopic (exact) mass is 694 g/mol. The molecule has 14 heteroatoms. The molecule has 1 fully saturated rings. The number of amidine groups is 1. The lowest BCUT2D eigenvalue weighted by molar-refractivity contribution is -0.138. The summed E-state index contributed by atoms with van der Waals surface area (Å²) in [6.45, 7) is 5.72. The molecule has 0 bridgehead atoms. The third kappa shape index (κ3) is 12.0. The molecule has 3 rings (SSSR count). The zero-order valence-electron chi connectivity index (χ0n) is 28.3. The highest BCUT2D eigenvalue weighted by atomic mass is 32.2. The van der Waals surface area contributed by atoms with Crippen molar-refractivity contribution >= 4 is 59.0 Å². The van der Waals surface area contributed by atoms with Crippen molar-refractivity contribution in [1.29, 1.82) is 5.41 Å². The van der Waals surface area contributed by atoms with Gasteiger partial charge in [0, 0.05) is 80.4 Å². The van der Waals surface area contributed by atoms with Crippen molar-refractivity contribution in [2.75, 3.05) is 43.9 Å². The number of amides is 4. The molecule has 4 amide bonds. The summed E-state index contributed by atoms with van der Waals surface area (Å²) >= 11 is 1.35. The number of hydrogen-bond acceptors (Lipinski definition) is 10. The molecule has 0 aliphatic carbocycles. The predicted octanol–water partition coefficient (Wildman–Crippen LogP) is 3.18. The van der Waals surface area contributed by atoms with Crippen LogP contribution in [0.3, 0.4) is 0 Å². The van der Waals surface area contributed by atoms with Gasteiger partial charge in [-0.3, -0.25) is 29.5 Å². The van der Waals surface area contributed by atoms with Gasteiger partial charge >= 0.3 is 5.97 Å². The largest absolute Gasteiger partial charge is 0.507 e. The number of phenols is 1. The van der Waals surface area contributed by atoms with Crippen molar-refractivity contribution in [3.05, 3.63) is 59.2 Å². The Kier molecular flexibility index (Phi) is 15.1. The number of benzene rings is 2. The minimum absolute atomic E-state index is 0.00442. The Bertz CT molecular complexity index is 1550. The molecule has 1 aliphatic rings. The number of carbonyl (C=O) groups excluding carboxylic acids is 5. The Labute approximate surface area is 291 Å². The molecule has 1 heterocycles. The summed E-state index contributed by atoms with van der Waals surface area (Å²) in [4.78, 5) is 64.3. The second-order valence-corrected chi connectivity index (χ2v) is 12.6. The number of unbranched alkanes of at least 4 members (excludes halogenated alkanes) is 2. The molecule has 0 spiro atoms. The van der Waals surface area contributed by atoms with E-state index in [2.05, 4.69) is 10.6 Å². The van der Waals surface area contributed by atoms with Gasteiger partial charge in [-0.05, 0) is 75.4 Å². The third-order valence-corrected chi connectivity index (χ3v) is 8.92. The number of ether oxygens (including phenoxy) is 1. The molecule has 264 valence electrons. The van der Waals surface area contributed by atoms with E-state index in [0.717, 1.165) is 12.1 Å². The Morgan fingerprint density at radius 3 is 2.39 bits per heavy atom. The topological polar surface area (TPSA) is 195 Å². The molecule has 0 saturated carbocycles. The average molecular weight is 695 g/mol. The number of nitrogens with zero attached hydrogens (tertiary/aromatic N) is 2.